The Hall–Kier alpha value is -1.54. The van der Waals surface area contributed by atoms with E-state index in [-0.39, 0.29) is 5.78 Å². The van der Waals surface area contributed by atoms with Gasteiger partial charge in [0.1, 0.15) is 16.6 Å². The monoisotopic (exact) mass is 291 g/mol. The van der Waals surface area contributed by atoms with Crippen molar-refractivity contribution in [1.82, 2.24) is 0 Å². The first-order valence-corrected chi connectivity index (χ1v) is 7.75. The molecule has 108 valence electrons. The summed E-state index contributed by atoms with van der Waals surface area (Å²) >= 11 is 1.30. The van der Waals surface area contributed by atoms with Gasteiger partial charge in [0.25, 0.3) is 0 Å². The molecule has 1 heterocycles. The summed E-state index contributed by atoms with van der Waals surface area (Å²) < 4.78 is 0. The number of hydrogen-bond acceptors (Lipinski definition) is 5. The van der Waals surface area contributed by atoms with E-state index in [1.807, 2.05) is 0 Å². The van der Waals surface area contributed by atoms with Crippen molar-refractivity contribution in [2.45, 2.75) is 52.5 Å². The minimum Gasteiger partial charge on any atom is -0.396 e. The van der Waals surface area contributed by atoms with Gasteiger partial charge in [-0.1, -0.05) is 13.8 Å². The SMILES string of the molecule is CC(=O)c1sc(NC2CCC(C)(C)CC2)c(C#N)c1N. The molecule has 5 heteroatoms. The van der Waals surface area contributed by atoms with Crippen molar-refractivity contribution >= 4 is 27.8 Å². The largest absolute Gasteiger partial charge is 0.396 e. The van der Waals surface area contributed by atoms with Crippen molar-refractivity contribution in [3.8, 4) is 6.07 Å². The van der Waals surface area contributed by atoms with Crippen LogP contribution in [-0.2, 0) is 0 Å². The number of nitrogens with zero attached hydrogens (tertiary/aromatic N) is 1. The van der Waals surface area contributed by atoms with Crippen LogP contribution in [0.1, 0.15) is 61.7 Å². The summed E-state index contributed by atoms with van der Waals surface area (Å²) in [6.07, 6.45) is 4.52. The predicted molar refractivity (Wildman–Crippen MR) is 83.1 cm³/mol. The van der Waals surface area contributed by atoms with E-state index in [1.165, 1.54) is 31.1 Å². The third kappa shape index (κ3) is 2.96. The second-order valence-electron chi connectivity index (χ2n) is 6.30. The molecule has 0 bridgehead atoms. The summed E-state index contributed by atoms with van der Waals surface area (Å²) in [5.74, 6) is -0.0816. The topological polar surface area (TPSA) is 78.9 Å². The van der Waals surface area contributed by atoms with Crippen LogP contribution in [0.4, 0.5) is 10.7 Å². The molecule has 0 aliphatic heterocycles. The highest BCUT2D eigenvalue weighted by molar-refractivity contribution is 7.19. The Bertz CT molecular complexity index is 558. The number of nitrogens with two attached hydrogens (primary N) is 1. The number of nitrogen functional groups attached to an aromatic ring is 1. The molecule has 1 saturated carbocycles. The summed E-state index contributed by atoms with van der Waals surface area (Å²) in [4.78, 5) is 12.0. The second kappa shape index (κ2) is 5.45. The maximum atomic E-state index is 11.5. The number of nitrogens with one attached hydrogen (secondary N) is 1. The lowest BCUT2D eigenvalue weighted by atomic mass is 9.75. The molecule has 1 aliphatic carbocycles. The fraction of sp³-hybridized carbons (Fsp3) is 0.600. The van der Waals surface area contributed by atoms with E-state index in [4.69, 9.17) is 5.73 Å². The molecule has 1 aromatic heterocycles. The quantitative estimate of drug-likeness (QED) is 0.830. The van der Waals surface area contributed by atoms with Crippen LogP contribution in [0.15, 0.2) is 0 Å². The van der Waals surface area contributed by atoms with Crippen LogP contribution in [0.2, 0.25) is 0 Å². The van der Waals surface area contributed by atoms with Crippen molar-refractivity contribution in [3.05, 3.63) is 10.4 Å². The number of Topliss-reactive ketones (excluding diaryl/α,β-unsaturated/α-hetero) is 1. The van der Waals surface area contributed by atoms with E-state index in [0.717, 1.165) is 17.8 Å². The highest BCUT2D eigenvalue weighted by Crippen LogP contribution is 2.40. The van der Waals surface area contributed by atoms with Crippen molar-refractivity contribution in [3.63, 3.8) is 0 Å². The molecule has 2 rings (SSSR count). The third-order valence-corrected chi connectivity index (χ3v) is 5.29. The first-order chi connectivity index (χ1) is 9.34. The van der Waals surface area contributed by atoms with Gasteiger partial charge in [-0.3, -0.25) is 4.79 Å². The van der Waals surface area contributed by atoms with Gasteiger partial charge in [-0.25, -0.2) is 0 Å². The van der Waals surface area contributed by atoms with Gasteiger partial charge in [0.05, 0.1) is 10.6 Å². The zero-order valence-electron chi connectivity index (χ0n) is 12.2. The molecule has 0 atom stereocenters. The van der Waals surface area contributed by atoms with Crippen LogP contribution in [0, 0.1) is 16.7 Å². The predicted octanol–water partition coefficient (Wildman–Crippen LogP) is 3.79. The average Bonchev–Trinajstić information content (AvgIpc) is 2.68. The van der Waals surface area contributed by atoms with Gasteiger partial charge >= 0.3 is 0 Å². The van der Waals surface area contributed by atoms with Gasteiger partial charge < -0.3 is 11.1 Å². The molecule has 4 nitrogen and oxygen atoms in total. The number of carbonyl (C=O) groups excluding carboxylic acids is 1. The van der Waals surface area contributed by atoms with Crippen LogP contribution in [-0.4, -0.2) is 11.8 Å². The van der Waals surface area contributed by atoms with E-state index < -0.39 is 0 Å². The van der Waals surface area contributed by atoms with E-state index in [9.17, 15) is 10.1 Å². The van der Waals surface area contributed by atoms with Crippen LogP contribution in [0.3, 0.4) is 0 Å². The molecule has 1 aromatic rings. The number of thiophene rings is 1. The van der Waals surface area contributed by atoms with E-state index in [2.05, 4.69) is 25.2 Å². The van der Waals surface area contributed by atoms with Crippen molar-refractivity contribution in [2.24, 2.45) is 5.41 Å². The molecule has 0 saturated heterocycles. The molecular weight excluding hydrogens is 270 g/mol. The zero-order chi connectivity index (χ0) is 14.9. The molecular formula is C15H21N3OS. The molecule has 0 unspecified atom stereocenters. The standard InChI is InChI=1S/C15H21N3OS/c1-9(19)13-12(17)11(8-16)14(20-13)18-10-4-6-15(2,3)7-5-10/h10,18H,4-7,17H2,1-3H3. The highest BCUT2D eigenvalue weighted by Gasteiger charge is 2.28. The molecule has 0 aromatic carbocycles. The molecule has 3 N–H and O–H groups in total. The molecule has 1 fully saturated rings. The Morgan fingerprint density at radius 1 is 1.45 bits per heavy atom. The summed E-state index contributed by atoms with van der Waals surface area (Å²) in [5.41, 5.74) is 7.05. The maximum absolute atomic E-state index is 11.5. The molecule has 0 spiro atoms. The fourth-order valence-electron chi connectivity index (χ4n) is 2.65. The van der Waals surface area contributed by atoms with Gasteiger partial charge in [0, 0.05) is 13.0 Å². The fourth-order valence-corrected chi connectivity index (χ4v) is 3.69. The summed E-state index contributed by atoms with van der Waals surface area (Å²) in [7, 11) is 0. The second-order valence-corrected chi connectivity index (χ2v) is 7.32. The molecule has 0 radical (unpaired) electrons. The van der Waals surface area contributed by atoms with Crippen LogP contribution in [0.25, 0.3) is 0 Å². The molecule has 1 aliphatic rings. The van der Waals surface area contributed by atoms with Crippen molar-refractivity contribution < 1.29 is 4.79 Å². The summed E-state index contributed by atoms with van der Waals surface area (Å²) in [6, 6.07) is 2.48. The molecule has 0 amide bonds. The number of anilines is 2. The first kappa shape index (κ1) is 14.9. The van der Waals surface area contributed by atoms with Gasteiger partial charge in [0.15, 0.2) is 5.78 Å². The lowest BCUT2D eigenvalue weighted by Crippen LogP contribution is -2.29. The number of rotatable bonds is 3. The van der Waals surface area contributed by atoms with E-state index >= 15 is 0 Å². The number of carbonyl (C=O) groups is 1. The van der Waals surface area contributed by atoms with Crippen LogP contribution in [0.5, 0.6) is 0 Å². The smallest absolute Gasteiger partial charge is 0.171 e. The molecule has 20 heavy (non-hydrogen) atoms. The Morgan fingerprint density at radius 3 is 2.55 bits per heavy atom. The van der Waals surface area contributed by atoms with E-state index in [0.29, 0.717) is 27.6 Å². The van der Waals surface area contributed by atoms with Gasteiger partial charge in [-0.2, -0.15) is 5.26 Å². The van der Waals surface area contributed by atoms with Gasteiger partial charge in [-0.15, -0.1) is 11.3 Å². The maximum Gasteiger partial charge on any atom is 0.171 e. The third-order valence-electron chi connectivity index (χ3n) is 4.05. The van der Waals surface area contributed by atoms with E-state index in [1.54, 1.807) is 0 Å². The van der Waals surface area contributed by atoms with Crippen molar-refractivity contribution in [1.29, 1.82) is 5.26 Å². The van der Waals surface area contributed by atoms with Gasteiger partial charge in [-0.05, 0) is 31.1 Å². The Morgan fingerprint density at radius 2 is 2.05 bits per heavy atom. The normalized spacial score (nSPS) is 18.5. The lowest BCUT2D eigenvalue weighted by molar-refractivity contribution is 0.102. The Kier molecular flexibility index (Phi) is 4.05. The number of nitriles is 1. The highest BCUT2D eigenvalue weighted by atomic mass is 32.1. The lowest BCUT2D eigenvalue weighted by Gasteiger charge is -2.34. The summed E-state index contributed by atoms with van der Waals surface area (Å²) in [6.45, 7) is 6.07. The Labute approximate surface area is 124 Å². The van der Waals surface area contributed by atoms with Crippen molar-refractivity contribution in [2.75, 3.05) is 11.1 Å². The van der Waals surface area contributed by atoms with Crippen LogP contribution < -0.4 is 11.1 Å². The Balaban J connectivity index is 2.16. The summed E-state index contributed by atoms with van der Waals surface area (Å²) in [5, 5.41) is 13.4. The van der Waals surface area contributed by atoms with Crippen LogP contribution >= 0.6 is 11.3 Å². The first-order valence-electron chi connectivity index (χ1n) is 6.94. The van der Waals surface area contributed by atoms with Gasteiger partial charge in [0.2, 0.25) is 0 Å². The minimum absolute atomic E-state index is 0.0816. The minimum atomic E-state index is -0.0816. The zero-order valence-corrected chi connectivity index (χ0v) is 13.1. The number of ketones is 1. The average molecular weight is 291 g/mol. The number of hydrogen-bond donors (Lipinski definition) is 2.